The van der Waals surface area contributed by atoms with Crippen molar-refractivity contribution in [1.82, 2.24) is 5.32 Å². The van der Waals surface area contributed by atoms with Crippen molar-refractivity contribution < 1.29 is 19.1 Å². The van der Waals surface area contributed by atoms with Gasteiger partial charge >= 0.3 is 0 Å². The lowest BCUT2D eigenvalue weighted by atomic mass is 9.79. The van der Waals surface area contributed by atoms with E-state index >= 15 is 0 Å². The van der Waals surface area contributed by atoms with Crippen molar-refractivity contribution >= 4 is 17.9 Å². The van der Waals surface area contributed by atoms with Crippen LogP contribution in [0.1, 0.15) is 38.3 Å². The van der Waals surface area contributed by atoms with Gasteiger partial charge in [0.25, 0.3) is 5.91 Å². The number of hydrogen-bond donors (Lipinski definition) is 2. The number of amides is 2. The summed E-state index contributed by atoms with van der Waals surface area (Å²) in [5, 5.41) is 3.02. The van der Waals surface area contributed by atoms with Gasteiger partial charge in [-0.2, -0.15) is 0 Å². The molecule has 6 heteroatoms. The van der Waals surface area contributed by atoms with Gasteiger partial charge in [0, 0.05) is 12.1 Å². The second kappa shape index (κ2) is 10.5. The van der Waals surface area contributed by atoms with Gasteiger partial charge in [-0.3, -0.25) is 9.59 Å². The molecule has 0 aliphatic carbocycles. The Bertz CT molecular complexity index is 891. The molecular weight excluding hydrogens is 380 g/mol. The zero-order valence-electron chi connectivity index (χ0n) is 18.0. The molecule has 0 heterocycles. The second-order valence-corrected chi connectivity index (χ2v) is 7.86. The van der Waals surface area contributed by atoms with E-state index in [9.17, 15) is 9.59 Å². The van der Waals surface area contributed by atoms with Crippen LogP contribution in [0.2, 0.25) is 0 Å². The third-order valence-electron chi connectivity index (χ3n) is 4.75. The van der Waals surface area contributed by atoms with Crippen LogP contribution in [0.5, 0.6) is 11.5 Å². The van der Waals surface area contributed by atoms with Gasteiger partial charge in [-0.05, 0) is 48.1 Å². The molecule has 3 N–H and O–H groups in total. The molecule has 2 aromatic carbocycles. The fourth-order valence-electron chi connectivity index (χ4n) is 3.34. The molecule has 0 saturated carbocycles. The average molecular weight is 411 g/mol. The number of ether oxygens (including phenoxy) is 2. The van der Waals surface area contributed by atoms with E-state index in [4.69, 9.17) is 15.2 Å². The molecule has 0 radical (unpaired) electrons. The Balaban J connectivity index is 1.96. The molecule has 0 aromatic heterocycles. The highest BCUT2D eigenvalue weighted by Crippen LogP contribution is 2.29. The summed E-state index contributed by atoms with van der Waals surface area (Å²) in [7, 11) is 1.50. The quantitative estimate of drug-likeness (QED) is 0.587. The molecule has 160 valence electrons. The van der Waals surface area contributed by atoms with E-state index in [0.29, 0.717) is 11.5 Å². The number of nitrogens with two attached hydrogens (primary N) is 1. The van der Waals surface area contributed by atoms with Crippen molar-refractivity contribution in [1.29, 1.82) is 0 Å². The molecule has 0 saturated heterocycles. The van der Waals surface area contributed by atoms with Gasteiger partial charge in [0.1, 0.15) is 0 Å². The van der Waals surface area contributed by atoms with Crippen molar-refractivity contribution in [2.75, 3.05) is 13.7 Å². The molecule has 0 fully saturated rings. The Morgan fingerprint density at radius 3 is 2.47 bits per heavy atom. The number of hydrogen-bond acceptors (Lipinski definition) is 4. The van der Waals surface area contributed by atoms with Gasteiger partial charge in [-0.25, -0.2) is 0 Å². The number of carbonyl (C=O) groups excluding carboxylic acids is 2. The normalized spacial score (nSPS) is 12.4. The second-order valence-electron chi connectivity index (χ2n) is 7.86. The van der Waals surface area contributed by atoms with Crippen LogP contribution < -0.4 is 20.5 Å². The highest BCUT2D eigenvalue weighted by atomic mass is 16.5. The van der Waals surface area contributed by atoms with E-state index in [1.807, 2.05) is 25.1 Å². The number of benzene rings is 2. The van der Waals surface area contributed by atoms with Gasteiger partial charge in [-0.1, -0.05) is 50.2 Å². The van der Waals surface area contributed by atoms with Crippen LogP contribution in [0.4, 0.5) is 0 Å². The first-order chi connectivity index (χ1) is 14.2. The highest BCUT2D eigenvalue weighted by Gasteiger charge is 2.23. The monoisotopic (exact) mass is 410 g/mol. The van der Waals surface area contributed by atoms with Gasteiger partial charge in [0.05, 0.1) is 7.11 Å². The molecule has 1 atom stereocenters. The first kappa shape index (κ1) is 23.0. The molecule has 30 heavy (non-hydrogen) atoms. The summed E-state index contributed by atoms with van der Waals surface area (Å²) in [4.78, 5) is 23.2. The van der Waals surface area contributed by atoms with Gasteiger partial charge in [-0.15, -0.1) is 0 Å². The van der Waals surface area contributed by atoms with Crippen LogP contribution in [0.3, 0.4) is 0 Å². The maximum Gasteiger partial charge on any atom is 0.255 e. The lowest BCUT2D eigenvalue weighted by Crippen LogP contribution is -2.36. The molecule has 0 aliphatic heterocycles. The van der Waals surface area contributed by atoms with Crippen molar-refractivity contribution in [2.45, 2.75) is 38.6 Å². The van der Waals surface area contributed by atoms with Crippen molar-refractivity contribution in [3.05, 3.63) is 65.7 Å². The molecule has 6 nitrogen and oxygen atoms in total. The molecule has 2 rings (SSSR count). The Kier molecular flexibility index (Phi) is 8.04. The highest BCUT2D eigenvalue weighted by molar-refractivity contribution is 5.92. The summed E-state index contributed by atoms with van der Waals surface area (Å²) in [5.74, 6) is 0.132. The summed E-state index contributed by atoms with van der Waals surface area (Å²) in [6.07, 6.45) is 4.01. The molecule has 0 spiro atoms. The summed E-state index contributed by atoms with van der Waals surface area (Å²) >= 11 is 0. The zero-order valence-corrected chi connectivity index (χ0v) is 18.0. The van der Waals surface area contributed by atoms with E-state index in [1.165, 1.54) is 18.7 Å². The molecule has 2 aromatic rings. The lowest BCUT2D eigenvalue weighted by Gasteiger charge is -2.29. The minimum absolute atomic E-state index is 0.0106. The minimum Gasteiger partial charge on any atom is -0.493 e. The summed E-state index contributed by atoms with van der Waals surface area (Å²) in [5.41, 5.74) is 7.06. The standard InChI is InChI=1S/C24H30N2O4/c1-17(15-24(2,3)19-8-6-5-7-9-19)26-23(28)13-11-18-10-12-20(21(14-18)29-4)30-16-22(25)27/h5-14,17H,15-16H2,1-4H3,(H2,25,27)(H,26,28)/b13-11+. The number of rotatable bonds is 10. The molecular formula is C24H30N2O4. The van der Waals surface area contributed by atoms with Crippen molar-refractivity contribution in [2.24, 2.45) is 5.73 Å². The third kappa shape index (κ3) is 6.95. The topological polar surface area (TPSA) is 90.7 Å². The largest absolute Gasteiger partial charge is 0.493 e. The van der Waals surface area contributed by atoms with E-state index in [1.54, 1.807) is 24.3 Å². The maximum atomic E-state index is 12.3. The Labute approximate surface area is 178 Å². The number of primary amides is 1. The van der Waals surface area contributed by atoms with E-state index in [2.05, 4.69) is 31.3 Å². The fraction of sp³-hybridized carbons (Fsp3) is 0.333. The van der Waals surface area contributed by atoms with Crippen LogP contribution in [0.15, 0.2) is 54.6 Å². The van der Waals surface area contributed by atoms with E-state index < -0.39 is 5.91 Å². The summed E-state index contributed by atoms with van der Waals surface area (Å²) in [6.45, 7) is 6.12. The zero-order chi connectivity index (χ0) is 22.1. The summed E-state index contributed by atoms with van der Waals surface area (Å²) in [6, 6.07) is 15.5. The molecule has 2 amide bonds. The van der Waals surface area contributed by atoms with Gasteiger partial charge in [0.2, 0.25) is 5.91 Å². The molecule has 0 bridgehead atoms. The number of carbonyl (C=O) groups is 2. The average Bonchev–Trinajstić information content (AvgIpc) is 2.71. The third-order valence-corrected chi connectivity index (χ3v) is 4.75. The van der Waals surface area contributed by atoms with Gasteiger partial charge in [0.15, 0.2) is 18.1 Å². The lowest BCUT2D eigenvalue weighted by molar-refractivity contribution is -0.120. The predicted molar refractivity (Wildman–Crippen MR) is 118 cm³/mol. The van der Waals surface area contributed by atoms with Crippen LogP contribution in [-0.2, 0) is 15.0 Å². The van der Waals surface area contributed by atoms with E-state index in [-0.39, 0.29) is 24.0 Å². The smallest absolute Gasteiger partial charge is 0.255 e. The van der Waals surface area contributed by atoms with Crippen molar-refractivity contribution in [3.8, 4) is 11.5 Å². The van der Waals surface area contributed by atoms with E-state index in [0.717, 1.165) is 12.0 Å². The predicted octanol–water partition coefficient (Wildman–Crippen LogP) is 3.45. The number of methoxy groups -OCH3 is 1. The first-order valence-corrected chi connectivity index (χ1v) is 9.84. The fourth-order valence-corrected chi connectivity index (χ4v) is 3.34. The van der Waals surface area contributed by atoms with Crippen molar-refractivity contribution in [3.63, 3.8) is 0 Å². The first-order valence-electron chi connectivity index (χ1n) is 9.84. The SMILES string of the molecule is COc1cc(/C=C/C(=O)NC(C)CC(C)(C)c2ccccc2)ccc1OCC(N)=O. The Hall–Kier alpha value is -3.28. The number of nitrogens with one attached hydrogen (secondary N) is 1. The van der Waals surface area contributed by atoms with Crippen LogP contribution in [-0.4, -0.2) is 31.6 Å². The summed E-state index contributed by atoms with van der Waals surface area (Å²) < 4.78 is 10.6. The Morgan fingerprint density at radius 2 is 1.83 bits per heavy atom. The van der Waals surface area contributed by atoms with Crippen LogP contribution >= 0.6 is 0 Å². The van der Waals surface area contributed by atoms with Crippen LogP contribution in [0.25, 0.3) is 6.08 Å². The minimum atomic E-state index is -0.567. The van der Waals surface area contributed by atoms with Gasteiger partial charge < -0.3 is 20.5 Å². The Morgan fingerprint density at radius 1 is 1.13 bits per heavy atom. The molecule has 1 unspecified atom stereocenters. The maximum absolute atomic E-state index is 12.3. The molecule has 0 aliphatic rings. The van der Waals surface area contributed by atoms with Crippen LogP contribution in [0, 0.1) is 0 Å².